The highest BCUT2D eigenvalue weighted by molar-refractivity contribution is 5.98. The van der Waals surface area contributed by atoms with Crippen LogP contribution in [0.15, 0.2) is 31.0 Å². The highest BCUT2D eigenvalue weighted by Crippen LogP contribution is 2.17. The molecule has 0 saturated heterocycles. The molecular formula is C17H23N3O2. The molecule has 0 bridgehead atoms. The minimum absolute atomic E-state index is 0.203. The molecule has 22 heavy (non-hydrogen) atoms. The minimum atomic E-state index is -0.231. The lowest BCUT2D eigenvalue weighted by Crippen LogP contribution is -2.35. The molecule has 1 aliphatic rings. The van der Waals surface area contributed by atoms with Crippen LogP contribution in [-0.2, 0) is 0 Å². The van der Waals surface area contributed by atoms with E-state index < -0.39 is 0 Å². The van der Waals surface area contributed by atoms with E-state index in [9.17, 15) is 9.59 Å². The lowest BCUT2D eigenvalue weighted by Gasteiger charge is -2.16. The summed E-state index contributed by atoms with van der Waals surface area (Å²) in [5.41, 5.74) is 0.721. The summed E-state index contributed by atoms with van der Waals surface area (Å²) in [7, 11) is 0. The fourth-order valence-corrected chi connectivity index (χ4v) is 2.65. The van der Waals surface area contributed by atoms with Gasteiger partial charge in [0.05, 0.1) is 0 Å². The van der Waals surface area contributed by atoms with E-state index >= 15 is 0 Å². The molecule has 0 aromatic carbocycles. The van der Waals surface area contributed by atoms with Crippen molar-refractivity contribution in [3.8, 4) is 0 Å². The summed E-state index contributed by atoms with van der Waals surface area (Å²) < 4.78 is 0. The van der Waals surface area contributed by atoms with E-state index in [1.54, 1.807) is 12.1 Å². The van der Waals surface area contributed by atoms with Gasteiger partial charge in [-0.15, -0.1) is 6.58 Å². The lowest BCUT2D eigenvalue weighted by atomic mass is 10.1. The van der Waals surface area contributed by atoms with Crippen molar-refractivity contribution in [1.29, 1.82) is 0 Å². The van der Waals surface area contributed by atoms with Crippen LogP contribution >= 0.6 is 0 Å². The third kappa shape index (κ3) is 4.69. The second-order valence-corrected chi connectivity index (χ2v) is 5.59. The summed E-state index contributed by atoms with van der Waals surface area (Å²) in [6.07, 6.45) is 9.93. The standard InChI is InChI=1S/C17H23N3O2/c1-2-10-19-16(21)13-9-11-18-15(12-13)17(22)20-14-7-5-3-4-6-8-14/h2,9,11-12,14H,1,3-8,10H2,(H,19,21)(H,20,22). The molecule has 2 N–H and O–H groups in total. The number of hydrogen-bond donors (Lipinski definition) is 2. The van der Waals surface area contributed by atoms with Crippen LogP contribution in [0.1, 0.15) is 59.4 Å². The van der Waals surface area contributed by atoms with E-state index in [0.717, 1.165) is 25.7 Å². The Balaban J connectivity index is 2.00. The molecule has 2 amide bonds. The number of rotatable bonds is 5. The van der Waals surface area contributed by atoms with Crippen molar-refractivity contribution in [3.63, 3.8) is 0 Å². The van der Waals surface area contributed by atoms with Crippen LogP contribution in [0, 0.1) is 0 Å². The fourth-order valence-electron chi connectivity index (χ4n) is 2.65. The van der Waals surface area contributed by atoms with Gasteiger partial charge in [0.1, 0.15) is 5.69 Å². The fraction of sp³-hybridized carbons (Fsp3) is 0.471. The van der Waals surface area contributed by atoms with Gasteiger partial charge in [0.2, 0.25) is 0 Å². The molecule has 0 atom stereocenters. The van der Waals surface area contributed by atoms with Gasteiger partial charge in [-0.1, -0.05) is 31.8 Å². The quantitative estimate of drug-likeness (QED) is 0.648. The zero-order valence-corrected chi connectivity index (χ0v) is 12.8. The van der Waals surface area contributed by atoms with Crippen LogP contribution in [0.2, 0.25) is 0 Å². The summed E-state index contributed by atoms with van der Waals surface area (Å²) in [5, 5.41) is 5.72. The molecule has 0 spiro atoms. The molecule has 1 aliphatic carbocycles. The number of aromatic nitrogens is 1. The average Bonchev–Trinajstić information content (AvgIpc) is 2.81. The highest BCUT2D eigenvalue weighted by atomic mass is 16.2. The summed E-state index contributed by atoms with van der Waals surface area (Å²) in [5.74, 6) is -0.434. The Morgan fingerprint density at radius 1 is 1.23 bits per heavy atom. The molecule has 1 saturated carbocycles. The van der Waals surface area contributed by atoms with Crippen molar-refractivity contribution in [2.75, 3.05) is 6.54 Å². The predicted molar refractivity (Wildman–Crippen MR) is 85.7 cm³/mol. The largest absolute Gasteiger partial charge is 0.349 e. The molecule has 1 heterocycles. The highest BCUT2D eigenvalue weighted by Gasteiger charge is 2.17. The molecule has 1 aromatic rings. The second-order valence-electron chi connectivity index (χ2n) is 5.59. The van der Waals surface area contributed by atoms with Crippen molar-refractivity contribution >= 4 is 11.8 Å². The van der Waals surface area contributed by atoms with Gasteiger partial charge in [-0.25, -0.2) is 0 Å². The Morgan fingerprint density at radius 2 is 1.95 bits per heavy atom. The first kappa shape index (κ1) is 16.2. The topological polar surface area (TPSA) is 71.1 Å². The molecular weight excluding hydrogens is 278 g/mol. The predicted octanol–water partition coefficient (Wildman–Crippen LogP) is 2.45. The van der Waals surface area contributed by atoms with Crippen molar-refractivity contribution in [2.45, 2.75) is 44.6 Å². The Kier molecular flexibility index (Phi) is 6.13. The second kappa shape index (κ2) is 8.32. The maximum Gasteiger partial charge on any atom is 0.270 e. The van der Waals surface area contributed by atoms with Gasteiger partial charge in [-0.05, 0) is 25.0 Å². The van der Waals surface area contributed by atoms with Gasteiger partial charge in [0, 0.05) is 24.3 Å². The Morgan fingerprint density at radius 3 is 2.64 bits per heavy atom. The minimum Gasteiger partial charge on any atom is -0.349 e. The molecule has 0 radical (unpaired) electrons. The zero-order valence-electron chi connectivity index (χ0n) is 12.8. The maximum absolute atomic E-state index is 12.3. The van der Waals surface area contributed by atoms with Crippen LogP contribution in [0.5, 0.6) is 0 Å². The Hall–Kier alpha value is -2.17. The van der Waals surface area contributed by atoms with Gasteiger partial charge >= 0.3 is 0 Å². The van der Waals surface area contributed by atoms with Crippen molar-refractivity contribution in [3.05, 3.63) is 42.2 Å². The van der Waals surface area contributed by atoms with Crippen molar-refractivity contribution in [1.82, 2.24) is 15.6 Å². The molecule has 5 nitrogen and oxygen atoms in total. The number of nitrogens with one attached hydrogen (secondary N) is 2. The van der Waals surface area contributed by atoms with Gasteiger partial charge in [0.15, 0.2) is 0 Å². The molecule has 1 fully saturated rings. The van der Waals surface area contributed by atoms with E-state index in [0.29, 0.717) is 12.1 Å². The number of carbonyl (C=O) groups excluding carboxylic acids is 2. The number of pyridine rings is 1. The lowest BCUT2D eigenvalue weighted by molar-refractivity contribution is 0.0928. The number of nitrogens with zero attached hydrogens (tertiary/aromatic N) is 1. The van der Waals surface area contributed by atoms with E-state index in [1.165, 1.54) is 25.1 Å². The Labute approximate surface area is 131 Å². The van der Waals surface area contributed by atoms with Crippen LogP contribution in [0.4, 0.5) is 0 Å². The zero-order chi connectivity index (χ0) is 15.8. The molecule has 2 rings (SSSR count). The van der Waals surface area contributed by atoms with Crippen LogP contribution < -0.4 is 10.6 Å². The van der Waals surface area contributed by atoms with Crippen molar-refractivity contribution < 1.29 is 9.59 Å². The molecule has 5 heteroatoms. The van der Waals surface area contributed by atoms with Gasteiger partial charge in [-0.3, -0.25) is 14.6 Å². The monoisotopic (exact) mass is 301 g/mol. The van der Waals surface area contributed by atoms with E-state index in [4.69, 9.17) is 0 Å². The molecule has 118 valence electrons. The van der Waals surface area contributed by atoms with Crippen LogP contribution in [0.3, 0.4) is 0 Å². The first-order valence-electron chi connectivity index (χ1n) is 7.86. The van der Waals surface area contributed by atoms with Gasteiger partial charge < -0.3 is 10.6 Å². The summed E-state index contributed by atoms with van der Waals surface area (Å²) in [6, 6.07) is 3.35. The first-order chi connectivity index (χ1) is 10.7. The Bertz CT molecular complexity index is 534. The average molecular weight is 301 g/mol. The molecule has 1 aromatic heterocycles. The van der Waals surface area contributed by atoms with Crippen molar-refractivity contribution in [2.24, 2.45) is 0 Å². The van der Waals surface area contributed by atoms with Crippen LogP contribution in [-0.4, -0.2) is 29.4 Å². The first-order valence-corrected chi connectivity index (χ1v) is 7.86. The number of carbonyl (C=O) groups is 2. The third-order valence-electron chi connectivity index (χ3n) is 3.85. The van der Waals surface area contributed by atoms with E-state index in [-0.39, 0.29) is 23.6 Å². The van der Waals surface area contributed by atoms with Crippen LogP contribution in [0.25, 0.3) is 0 Å². The van der Waals surface area contributed by atoms with Gasteiger partial charge in [0.25, 0.3) is 11.8 Å². The third-order valence-corrected chi connectivity index (χ3v) is 3.85. The normalized spacial score (nSPS) is 15.6. The van der Waals surface area contributed by atoms with E-state index in [1.807, 2.05) is 0 Å². The SMILES string of the molecule is C=CCNC(=O)c1ccnc(C(=O)NC2CCCCCC2)c1. The maximum atomic E-state index is 12.3. The summed E-state index contributed by atoms with van der Waals surface area (Å²) >= 11 is 0. The number of hydrogen-bond acceptors (Lipinski definition) is 3. The summed E-state index contributed by atoms with van der Waals surface area (Å²) in [6.45, 7) is 3.95. The summed E-state index contributed by atoms with van der Waals surface area (Å²) in [4.78, 5) is 28.3. The molecule has 0 unspecified atom stereocenters. The molecule has 0 aliphatic heterocycles. The van der Waals surface area contributed by atoms with E-state index in [2.05, 4.69) is 22.2 Å². The van der Waals surface area contributed by atoms with Gasteiger partial charge in [-0.2, -0.15) is 0 Å². The number of amides is 2. The smallest absolute Gasteiger partial charge is 0.270 e.